The Labute approximate surface area is 130 Å². The summed E-state index contributed by atoms with van der Waals surface area (Å²) in [5, 5.41) is 3.92. The molecule has 5 nitrogen and oxygen atoms in total. The monoisotopic (exact) mass is 302 g/mol. The molecule has 0 atom stereocenters. The summed E-state index contributed by atoms with van der Waals surface area (Å²) in [6, 6.07) is 9.15. The first kappa shape index (κ1) is 16.1. The second-order valence-corrected chi connectivity index (χ2v) is 5.10. The van der Waals surface area contributed by atoms with Gasteiger partial charge in [-0.1, -0.05) is 19.0 Å². The highest BCUT2D eigenvalue weighted by Crippen LogP contribution is 2.23. The van der Waals surface area contributed by atoms with Crippen molar-refractivity contribution in [2.45, 2.75) is 26.7 Å². The lowest BCUT2D eigenvalue weighted by molar-refractivity contribution is 0.0745. The zero-order chi connectivity index (χ0) is 15.9. The van der Waals surface area contributed by atoms with Crippen LogP contribution in [-0.4, -0.2) is 36.2 Å². The van der Waals surface area contributed by atoms with Gasteiger partial charge in [-0.2, -0.15) is 0 Å². The quantitative estimate of drug-likeness (QED) is 0.784. The number of amides is 1. The first-order chi connectivity index (χ1) is 10.7. The van der Waals surface area contributed by atoms with Crippen LogP contribution in [0.5, 0.6) is 5.75 Å². The summed E-state index contributed by atoms with van der Waals surface area (Å²) in [4.78, 5) is 14.3. The van der Waals surface area contributed by atoms with Crippen molar-refractivity contribution in [1.29, 1.82) is 0 Å². The van der Waals surface area contributed by atoms with Gasteiger partial charge in [-0.25, -0.2) is 0 Å². The molecule has 0 aliphatic heterocycles. The Kier molecular flexibility index (Phi) is 5.58. The van der Waals surface area contributed by atoms with Crippen molar-refractivity contribution in [1.82, 2.24) is 10.1 Å². The molecule has 0 saturated heterocycles. The fourth-order valence-electron chi connectivity index (χ4n) is 2.28. The molecule has 1 aromatic carbocycles. The third-order valence-corrected chi connectivity index (χ3v) is 3.38. The Hall–Kier alpha value is -2.30. The molecule has 2 aromatic rings. The predicted molar refractivity (Wildman–Crippen MR) is 85.0 cm³/mol. The van der Waals surface area contributed by atoms with E-state index in [-0.39, 0.29) is 5.91 Å². The maximum absolute atomic E-state index is 12.5. The van der Waals surface area contributed by atoms with Crippen LogP contribution in [0.1, 0.15) is 37.2 Å². The molecule has 0 N–H and O–H groups in total. The minimum Gasteiger partial charge on any atom is -0.497 e. The molecule has 0 aliphatic rings. The van der Waals surface area contributed by atoms with Gasteiger partial charge in [0.1, 0.15) is 5.75 Å². The summed E-state index contributed by atoms with van der Waals surface area (Å²) in [5.41, 5.74) is 1.22. The van der Waals surface area contributed by atoms with Crippen LogP contribution >= 0.6 is 0 Å². The van der Waals surface area contributed by atoms with Gasteiger partial charge in [0.25, 0.3) is 5.91 Å². The van der Waals surface area contributed by atoms with E-state index >= 15 is 0 Å². The van der Waals surface area contributed by atoms with Crippen molar-refractivity contribution in [3.8, 4) is 17.1 Å². The van der Waals surface area contributed by atoms with Gasteiger partial charge in [-0.3, -0.25) is 4.79 Å². The summed E-state index contributed by atoms with van der Waals surface area (Å²) in [7, 11) is 1.62. The number of carbonyl (C=O) groups excluding carboxylic acids is 1. The lowest BCUT2D eigenvalue weighted by Crippen LogP contribution is -2.32. The standard InChI is InChI=1S/C17H22N2O3/c1-4-10-19(11-5-2)17(20)15-12-16(22-18-15)13-6-8-14(21-3)9-7-13/h6-9,12H,4-5,10-11H2,1-3H3. The van der Waals surface area contributed by atoms with Crippen LogP contribution in [-0.2, 0) is 0 Å². The Balaban J connectivity index is 2.17. The Morgan fingerprint density at radius 3 is 2.36 bits per heavy atom. The smallest absolute Gasteiger partial charge is 0.276 e. The van der Waals surface area contributed by atoms with E-state index < -0.39 is 0 Å². The molecular formula is C17H22N2O3. The van der Waals surface area contributed by atoms with Crippen molar-refractivity contribution in [2.24, 2.45) is 0 Å². The van der Waals surface area contributed by atoms with E-state index in [2.05, 4.69) is 19.0 Å². The first-order valence-electron chi connectivity index (χ1n) is 7.60. The maximum atomic E-state index is 12.5. The highest BCUT2D eigenvalue weighted by Gasteiger charge is 2.19. The molecule has 0 bridgehead atoms. The number of aromatic nitrogens is 1. The summed E-state index contributed by atoms with van der Waals surface area (Å²) < 4.78 is 10.4. The molecule has 0 aliphatic carbocycles. The normalized spacial score (nSPS) is 10.5. The maximum Gasteiger partial charge on any atom is 0.276 e. The number of rotatable bonds is 7. The first-order valence-corrected chi connectivity index (χ1v) is 7.60. The molecule has 118 valence electrons. The van der Waals surface area contributed by atoms with Crippen LogP contribution < -0.4 is 4.74 Å². The average molecular weight is 302 g/mol. The molecule has 0 spiro atoms. The number of benzene rings is 1. The fourth-order valence-corrected chi connectivity index (χ4v) is 2.28. The number of nitrogens with zero attached hydrogens (tertiary/aromatic N) is 2. The van der Waals surface area contributed by atoms with Crippen LogP contribution in [0.4, 0.5) is 0 Å². The number of hydrogen-bond donors (Lipinski definition) is 0. The number of methoxy groups -OCH3 is 1. The molecule has 22 heavy (non-hydrogen) atoms. The third kappa shape index (κ3) is 3.67. The Bertz CT molecular complexity index is 599. The fraction of sp³-hybridized carbons (Fsp3) is 0.412. The van der Waals surface area contributed by atoms with E-state index in [0.29, 0.717) is 11.5 Å². The number of carbonyl (C=O) groups is 1. The van der Waals surface area contributed by atoms with Gasteiger partial charge in [0.15, 0.2) is 11.5 Å². The van der Waals surface area contributed by atoms with Crippen LogP contribution in [0.2, 0.25) is 0 Å². The van der Waals surface area contributed by atoms with Crippen LogP contribution in [0.25, 0.3) is 11.3 Å². The SMILES string of the molecule is CCCN(CCC)C(=O)c1cc(-c2ccc(OC)cc2)on1. The lowest BCUT2D eigenvalue weighted by Gasteiger charge is -2.19. The molecule has 0 radical (unpaired) electrons. The van der Waals surface area contributed by atoms with Gasteiger partial charge < -0.3 is 14.2 Å². The second-order valence-electron chi connectivity index (χ2n) is 5.10. The highest BCUT2D eigenvalue weighted by atomic mass is 16.5. The predicted octanol–water partition coefficient (Wildman–Crippen LogP) is 3.61. The minimum atomic E-state index is -0.0767. The van der Waals surface area contributed by atoms with Gasteiger partial charge in [0.2, 0.25) is 0 Å². The van der Waals surface area contributed by atoms with Crippen LogP contribution in [0.15, 0.2) is 34.9 Å². The molecule has 2 rings (SSSR count). The zero-order valence-corrected chi connectivity index (χ0v) is 13.3. The molecule has 0 unspecified atom stereocenters. The van der Waals surface area contributed by atoms with Gasteiger partial charge in [0.05, 0.1) is 7.11 Å². The van der Waals surface area contributed by atoms with E-state index in [1.165, 1.54) is 0 Å². The lowest BCUT2D eigenvalue weighted by atomic mass is 10.1. The summed E-state index contributed by atoms with van der Waals surface area (Å²) in [6.07, 6.45) is 1.85. The highest BCUT2D eigenvalue weighted by molar-refractivity contribution is 5.93. The molecule has 1 heterocycles. The van der Waals surface area contributed by atoms with Crippen molar-refractivity contribution in [3.63, 3.8) is 0 Å². The van der Waals surface area contributed by atoms with Crippen LogP contribution in [0, 0.1) is 0 Å². The van der Waals surface area contributed by atoms with Crippen molar-refractivity contribution >= 4 is 5.91 Å². The largest absolute Gasteiger partial charge is 0.497 e. The van der Waals surface area contributed by atoms with E-state index in [9.17, 15) is 4.79 Å². The summed E-state index contributed by atoms with van der Waals surface area (Å²) in [6.45, 7) is 5.58. The molecule has 0 saturated carbocycles. The topological polar surface area (TPSA) is 55.6 Å². The summed E-state index contributed by atoms with van der Waals surface area (Å²) >= 11 is 0. The molecule has 5 heteroatoms. The van der Waals surface area contributed by atoms with Crippen molar-refractivity contribution < 1.29 is 14.1 Å². The molecule has 1 aromatic heterocycles. The number of hydrogen-bond acceptors (Lipinski definition) is 4. The molecule has 0 fully saturated rings. The minimum absolute atomic E-state index is 0.0767. The Morgan fingerprint density at radius 2 is 1.82 bits per heavy atom. The molecular weight excluding hydrogens is 280 g/mol. The van der Waals surface area contributed by atoms with Gasteiger partial charge in [-0.15, -0.1) is 0 Å². The summed E-state index contributed by atoms with van der Waals surface area (Å²) in [5.74, 6) is 1.28. The van der Waals surface area contributed by atoms with Gasteiger partial charge in [-0.05, 0) is 37.1 Å². The third-order valence-electron chi connectivity index (χ3n) is 3.38. The average Bonchev–Trinajstić information content (AvgIpc) is 3.04. The van der Waals surface area contributed by atoms with Crippen molar-refractivity contribution in [3.05, 3.63) is 36.0 Å². The molecule has 1 amide bonds. The van der Waals surface area contributed by atoms with Crippen LogP contribution in [0.3, 0.4) is 0 Å². The van der Waals surface area contributed by atoms with E-state index in [1.54, 1.807) is 13.2 Å². The van der Waals surface area contributed by atoms with E-state index in [4.69, 9.17) is 9.26 Å². The second kappa shape index (κ2) is 7.64. The Morgan fingerprint density at radius 1 is 1.18 bits per heavy atom. The van der Waals surface area contributed by atoms with Gasteiger partial charge >= 0.3 is 0 Å². The van der Waals surface area contributed by atoms with E-state index in [0.717, 1.165) is 37.2 Å². The van der Waals surface area contributed by atoms with E-state index in [1.807, 2.05) is 29.2 Å². The van der Waals surface area contributed by atoms with Crippen molar-refractivity contribution in [2.75, 3.05) is 20.2 Å². The zero-order valence-electron chi connectivity index (χ0n) is 13.3. The van der Waals surface area contributed by atoms with Gasteiger partial charge in [0, 0.05) is 24.7 Å². The number of ether oxygens (including phenoxy) is 1.